The Bertz CT molecular complexity index is 116. The molecule has 0 bridgehead atoms. The van der Waals surface area contributed by atoms with Crippen LogP contribution in [-0.4, -0.2) is 13.0 Å². The van der Waals surface area contributed by atoms with Gasteiger partial charge in [0.25, 0.3) is 0 Å². The Morgan fingerprint density at radius 3 is 2.78 bits per heavy atom. The maximum atomic E-state index is 5.26. The summed E-state index contributed by atoms with van der Waals surface area (Å²) in [4.78, 5) is 0. The molecule has 0 aliphatic carbocycles. The van der Waals surface area contributed by atoms with Crippen molar-refractivity contribution in [1.29, 1.82) is 0 Å². The second-order valence-electron chi connectivity index (χ2n) is 1.38. The number of allylic oxidation sites excluding steroid dienone is 1. The lowest BCUT2D eigenvalue weighted by molar-refractivity contribution is 0.932. The lowest BCUT2D eigenvalue weighted by atomic mass is 10.7. The predicted molar refractivity (Wildman–Crippen MR) is 38.6 cm³/mol. The molecule has 0 fully saturated rings. The molecule has 52 valence electrons. The maximum absolute atomic E-state index is 5.26. The highest BCUT2D eigenvalue weighted by Gasteiger charge is 1.77. The van der Waals surface area contributed by atoms with E-state index in [0.717, 1.165) is 0 Å². The van der Waals surface area contributed by atoms with Crippen LogP contribution in [-0.2, 0) is 0 Å². The summed E-state index contributed by atoms with van der Waals surface area (Å²) in [5, 5.41) is 6.33. The molecule has 0 amide bonds. The highest BCUT2D eigenvalue weighted by atomic mass is 15.3. The summed E-state index contributed by atoms with van der Waals surface area (Å²) < 4.78 is 0. The zero-order valence-electron chi connectivity index (χ0n) is 5.68. The molecule has 0 aromatic rings. The van der Waals surface area contributed by atoms with Gasteiger partial charge in [-0.3, -0.25) is 5.43 Å². The van der Waals surface area contributed by atoms with E-state index in [2.05, 4.69) is 15.8 Å². The number of nitrogens with zero attached hydrogens (tertiary/aromatic N) is 1. The topological polar surface area (TPSA) is 62.4 Å². The highest BCUT2D eigenvalue weighted by Crippen LogP contribution is 1.62. The largest absolute Gasteiger partial charge is 0.368 e. The Balaban J connectivity index is 3.43. The van der Waals surface area contributed by atoms with Crippen LogP contribution in [0.2, 0.25) is 0 Å². The Morgan fingerprint density at radius 1 is 1.67 bits per heavy atom. The van der Waals surface area contributed by atoms with Gasteiger partial charge in [0.15, 0.2) is 0 Å². The molecular formula is C5H12N4. The lowest BCUT2D eigenvalue weighted by Gasteiger charge is -1.95. The molecule has 0 aromatic heterocycles. The minimum Gasteiger partial charge on any atom is -0.368 e. The summed E-state index contributed by atoms with van der Waals surface area (Å²) in [5.41, 5.74) is 7.86. The molecule has 0 radical (unpaired) electrons. The zero-order chi connectivity index (χ0) is 7.11. The minimum atomic E-state index is 0.369. The number of rotatable bonds is 2. The van der Waals surface area contributed by atoms with E-state index < -0.39 is 0 Å². The fraction of sp³-hybridized carbons (Fsp3) is 0.400. The van der Waals surface area contributed by atoms with Gasteiger partial charge in [-0.1, -0.05) is 6.08 Å². The van der Waals surface area contributed by atoms with E-state index in [1.165, 1.54) is 0 Å². The normalized spacial score (nSPS) is 12.0. The van der Waals surface area contributed by atoms with Gasteiger partial charge >= 0.3 is 0 Å². The third kappa shape index (κ3) is 4.67. The number of nitrogens with two attached hydrogens (primary N) is 1. The first-order chi connectivity index (χ1) is 4.31. The Hall–Kier alpha value is -1.19. The molecule has 0 unspecified atom stereocenters. The smallest absolute Gasteiger partial charge is 0.211 e. The van der Waals surface area contributed by atoms with Crippen molar-refractivity contribution in [2.24, 2.45) is 10.8 Å². The van der Waals surface area contributed by atoms with Gasteiger partial charge in [-0.25, -0.2) is 0 Å². The van der Waals surface area contributed by atoms with E-state index in [9.17, 15) is 0 Å². The van der Waals surface area contributed by atoms with Crippen molar-refractivity contribution in [2.45, 2.75) is 6.92 Å². The van der Waals surface area contributed by atoms with Crippen LogP contribution in [0.3, 0.4) is 0 Å². The average Bonchev–Trinajstić information content (AvgIpc) is 1.89. The summed E-state index contributed by atoms with van der Waals surface area (Å²) in [6.45, 7) is 1.89. The van der Waals surface area contributed by atoms with Crippen molar-refractivity contribution in [2.75, 3.05) is 7.05 Å². The van der Waals surface area contributed by atoms with E-state index in [4.69, 9.17) is 5.73 Å². The number of hydrogen-bond acceptors (Lipinski definition) is 2. The van der Waals surface area contributed by atoms with Crippen LogP contribution >= 0.6 is 0 Å². The molecular weight excluding hydrogens is 116 g/mol. The van der Waals surface area contributed by atoms with Crippen LogP contribution in [0.4, 0.5) is 0 Å². The molecule has 0 saturated heterocycles. The van der Waals surface area contributed by atoms with Crippen LogP contribution in [0.15, 0.2) is 17.4 Å². The third-order valence-corrected chi connectivity index (χ3v) is 0.682. The highest BCUT2D eigenvalue weighted by molar-refractivity contribution is 5.77. The Kier molecular flexibility index (Phi) is 4.30. The molecule has 0 spiro atoms. The first kappa shape index (κ1) is 7.81. The zero-order valence-corrected chi connectivity index (χ0v) is 5.68. The molecule has 4 nitrogen and oxygen atoms in total. The molecule has 0 aromatic carbocycles. The van der Waals surface area contributed by atoms with Crippen molar-refractivity contribution >= 4 is 5.96 Å². The fourth-order valence-corrected chi connectivity index (χ4v) is 0.237. The molecule has 4 heteroatoms. The summed E-state index contributed by atoms with van der Waals surface area (Å²) in [7, 11) is 1.70. The van der Waals surface area contributed by atoms with Crippen LogP contribution in [0, 0.1) is 0 Å². The third-order valence-electron chi connectivity index (χ3n) is 0.682. The SMILES string of the molecule is C/C=C\N/N=C(/N)NC. The lowest BCUT2D eigenvalue weighted by Crippen LogP contribution is -2.29. The second kappa shape index (κ2) is 4.96. The van der Waals surface area contributed by atoms with E-state index in [1.807, 2.05) is 13.0 Å². The summed E-state index contributed by atoms with van der Waals surface area (Å²) in [6.07, 6.45) is 3.51. The number of hydrogen-bond donors (Lipinski definition) is 3. The number of guanidine groups is 1. The summed E-state index contributed by atoms with van der Waals surface area (Å²) >= 11 is 0. The standard InChI is InChI=1S/C5H12N4/c1-3-4-8-9-5(6)7-2/h3-4,8H,1-2H3,(H3,6,7,9)/b4-3-. The minimum absolute atomic E-state index is 0.369. The molecule has 0 heterocycles. The molecule has 0 atom stereocenters. The van der Waals surface area contributed by atoms with Gasteiger partial charge in [0.05, 0.1) is 0 Å². The average molecular weight is 128 g/mol. The van der Waals surface area contributed by atoms with Crippen LogP contribution in [0.5, 0.6) is 0 Å². The second-order valence-corrected chi connectivity index (χ2v) is 1.38. The van der Waals surface area contributed by atoms with Crippen molar-refractivity contribution in [1.82, 2.24) is 10.7 Å². The van der Waals surface area contributed by atoms with Gasteiger partial charge in [0.1, 0.15) is 0 Å². The Morgan fingerprint density at radius 2 is 2.33 bits per heavy atom. The monoisotopic (exact) mass is 128 g/mol. The van der Waals surface area contributed by atoms with Crippen LogP contribution in [0.1, 0.15) is 6.92 Å². The van der Waals surface area contributed by atoms with Gasteiger partial charge in [-0.15, -0.1) is 5.10 Å². The predicted octanol–water partition coefficient (Wildman–Crippen LogP) is -0.441. The first-order valence-electron chi connectivity index (χ1n) is 2.69. The van der Waals surface area contributed by atoms with Gasteiger partial charge < -0.3 is 11.1 Å². The van der Waals surface area contributed by atoms with Gasteiger partial charge in [-0.05, 0) is 6.92 Å². The van der Waals surface area contributed by atoms with Crippen molar-refractivity contribution in [3.8, 4) is 0 Å². The fourth-order valence-electron chi connectivity index (χ4n) is 0.237. The van der Waals surface area contributed by atoms with Crippen molar-refractivity contribution < 1.29 is 0 Å². The number of nitrogens with one attached hydrogen (secondary N) is 2. The maximum Gasteiger partial charge on any atom is 0.211 e. The Labute approximate surface area is 54.8 Å². The van der Waals surface area contributed by atoms with Crippen LogP contribution < -0.4 is 16.5 Å². The first-order valence-corrected chi connectivity index (χ1v) is 2.69. The van der Waals surface area contributed by atoms with E-state index >= 15 is 0 Å². The molecule has 4 N–H and O–H groups in total. The van der Waals surface area contributed by atoms with Gasteiger partial charge in [0, 0.05) is 13.2 Å². The summed E-state index contributed by atoms with van der Waals surface area (Å²) in [6, 6.07) is 0. The summed E-state index contributed by atoms with van der Waals surface area (Å²) in [5.74, 6) is 0.369. The van der Waals surface area contributed by atoms with Gasteiger partial charge in [0.2, 0.25) is 5.96 Å². The van der Waals surface area contributed by atoms with Crippen molar-refractivity contribution in [3.63, 3.8) is 0 Å². The molecule has 0 aliphatic rings. The molecule has 9 heavy (non-hydrogen) atoms. The van der Waals surface area contributed by atoms with Crippen molar-refractivity contribution in [3.05, 3.63) is 12.3 Å². The molecule has 0 saturated carbocycles. The van der Waals surface area contributed by atoms with Gasteiger partial charge in [-0.2, -0.15) is 0 Å². The molecule has 0 aliphatic heterocycles. The number of hydrazone groups is 1. The van der Waals surface area contributed by atoms with E-state index in [-0.39, 0.29) is 0 Å². The van der Waals surface area contributed by atoms with E-state index in [0.29, 0.717) is 5.96 Å². The quantitative estimate of drug-likeness (QED) is 0.268. The van der Waals surface area contributed by atoms with E-state index in [1.54, 1.807) is 13.2 Å². The molecule has 0 rings (SSSR count). The van der Waals surface area contributed by atoms with Crippen LogP contribution in [0.25, 0.3) is 0 Å².